The Bertz CT molecular complexity index is 364. The van der Waals surface area contributed by atoms with Gasteiger partial charge in [0.25, 0.3) is 0 Å². The van der Waals surface area contributed by atoms with Crippen molar-refractivity contribution in [1.82, 2.24) is 15.4 Å². The molecule has 0 bridgehead atoms. The molecule has 0 radical (unpaired) electrons. The minimum atomic E-state index is -3.12. The van der Waals surface area contributed by atoms with E-state index >= 15 is 0 Å². The Hall–Kier alpha value is -0.660. The fourth-order valence-corrected chi connectivity index (χ4v) is 2.68. The second-order valence-electron chi connectivity index (χ2n) is 5.12. The van der Waals surface area contributed by atoms with Gasteiger partial charge in [-0.3, -0.25) is 4.79 Å². The first-order chi connectivity index (χ1) is 8.97. The lowest BCUT2D eigenvalue weighted by atomic mass is 9.94. The number of sulfonamides is 1. The van der Waals surface area contributed by atoms with Gasteiger partial charge in [-0.05, 0) is 44.7 Å². The summed E-state index contributed by atoms with van der Waals surface area (Å²) in [6, 6.07) is 0. The smallest absolute Gasteiger partial charge is 0.220 e. The molecule has 0 aromatic carbocycles. The monoisotopic (exact) mass is 291 g/mol. The summed E-state index contributed by atoms with van der Waals surface area (Å²) in [6.45, 7) is 3.00. The van der Waals surface area contributed by atoms with Crippen LogP contribution in [0, 0.1) is 5.92 Å². The van der Waals surface area contributed by atoms with Crippen LogP contribution in [0.15, 0.2) is 0 Å². The quantitative estimate of drug-likeness (QED) is 0.542. The fourth-order valence-electron chi connectivity index (χ4n) is 2.17. The molecule has 1 saturated heterocycles. The fraction of sp³-hybridized carbons (Fsp3) is 0.917. The average molecular weight is 291 g/mol. The molecule has 0 saturated carbocycles. The lowest BCUT2D eigenvalue weighted by molar-refractivity contribution is -0.121. The SMILES string of the molecule is CS(=O)(=O)NCCCNC(=O)CCC1CCCNC1. The number of nitrogens with one attached hydrogen (secondary N) is 3. The average Bonchev–Trinajstić information content (AvgIpc) is 2.36. The Labute approximate surface area is 115 Å². The van der Waals surface area contributed by atoms with Crippen LogP contribution in [0.3, 0.4) is 0 Å². The van der Waals surface area contributed by atoms with Gasteiger partial charge >= 0.3 is 0 Å². The van der Waals surface area contributed by atoms with Crippen LogP contribution in [-0.2, 0) is 14.8 Å². The van der Waals surface area contributed by atoms with E-state index in [0.29, 0.717) is 31.8 Å². The van der Waals surface area contributed by atoms with Crippen LogP contribution >= 0.6 is 0 Å². The Morgan fingerprint density at radius 2 is 2.16 bits per heavy atom. The summed E-state index contributed by atoms with van der Waals surface area (Å²) in [5.74, 6) is 0.677. The van der Waals surface area contributed by atoms with Crippen LogP contribution in [0.25, 0.3) is 0 Å². The van der Waals surface area contributed by atoms with E-state index in [4.69, 9.17) is 0 Å². The standard InChI is InChI=1S/C12H25N3O3S/c1-19(17,18)15-9-3-8-14-12(16)6-5-11-4-2-7-13-10-11/h11,13,15H,2-10H2,1H3,(H,14,16). The molecule has 1 aliphatic heterocycles. The van der Waals surface area contributed by atoms with E-state index in [2.05, 4.69) is 15.4 Å². The molecule has 1 amide bonds. The highest BCUT2D eigenvalue weighted by atomic mass is 32.2. The summed E-state index contributed by atoms with van der Waals surface area (Å²) in [4.78, 5) is 11.6. The maximum Gasteiger partial charge on any atom is 0.220 e. The third-order valence-electron chi connectivity index (χ3n) is 3.22. The Kier molecular flexibility index (Phi) is 7.33. The van der Waals surface area contributed by atoms with Gasteiger partial charge in [0.15, 0.2) is 0 Å². The minimum Gasteiger partial charge on any atom is -0.356 e. The third kappa shape index (κ3) is 8.96. The van der Waals surface area contributed by atoms with Crippen molar-refractivity contribution in [3.05, 3.63) is 0 Å². The van der Waals surface area contributed by atoms with Crippen molar-refractivity contribution in [2.24, 2.45) is 5.92 Å². The first kappa shape index (κ1) is 16.4. The van der Waals surface area contributed by atoms with E-state index in [1.54, 1.807) is 0 Å². The topological polar surface area (TPSA) is 87.3 Å². The van der Waals surface area contributed by atoms with E-state index in [0.717, 1.165) is 25.8 Å². The van der Waals surface area contributed by atoms with E-state index in [1.807, 2.05) is 0 Å². The molecular formula is C12H25N3O3S. The van der Waals surface area contributed by atoms with Crippen LogP contribution in [0.1, 0.15) is 32.1 Å². The predicted octanol–water partition coefficient (Wildman–Crippen LogP) is -0.178. The Morgan fingerprint density at radius 1 is 1.37 bits per heavy atom. The highest BCUT2D eigenvalue weighted by molar-refractivity contribution is 7.88. The molecule has 7 heteroatoms. The minimum absolute atomic E-state index is 0.0601. The number of hydrogen-bond acceptors (Lipinski definition) is 4. The first-order valence-corrected chi connectivity index (χ1v) is 8.78. The molecule has 1 aliphatic rings. The van der Waals surface area contributed by atoms with Gasteiger partial charge in [-0.1, -0.05) is 0 Å². The van der Waals surface area contributed by atoms with Crippen molar-refractivity contribution in [3.63, 3.8) is 0 Å². The van der Waals surface area contributed by atoms with E-state index in [1.165, 1.54) is 12.8 Å². The van der Waals surface area contributed by atoms with Gasteiger partial charge in [-0.25, -0.2) is 13.1 Å². The molecule has 0 aromatic heterocycles. The number of hydrogen-bond donors (Lipinski definition) is 3. The van der Waals surface area contributed by atoms with Crippen molar-refractivity contribution >= 4 is 15.9 Å². The van der Waals surface area contributed by atoms with Crippen LogP contribution in [-0.4, -0.2) is 46.8 Å². The number of amides is 1. The number of rotatable bonds is 8. The Balaban J connectivity index is 1.98. The zero-order valence-corrected chi connectivity index (χ0v) is 12.4. The highest BCUT2D eigenvalue weighted by Crippen LogP contribution is 2.15. The van der Waals surface area contributed by atoms with Gasteiger partial charge in [0.2, 0.25) is 15.9 Å². The number of piperidine rings is 1. The molecule has 1 fully saturated rings. The molecule has 0 spiro atoms. The summed E-state index contributed by atoms with van der Waals surface area (Å²) >= 11 is 0. The van der Waals surface area contributed by atoms with E-state index in [9.17, 15) is 13.2 Å². The van der Waals surface area contributed by atoms with Gasteiger partial charge in [-0.15, -0.1) is 0 Å². The maximum atomic E-state index is 11.6. The van der Waals surface area contributed by atoms with Crippen molar-refractivity contribution in [2.45, 2.75) is 32.1 Å². The molecule has 3 N–H and O–H groups in total. The largest absolute Gasteiger partial charge is 0.356 e. The van der Waals surface area contributed by atoms with Crippen LogP contribution in [0.2, 0.25) is 0 Å². The van der Waals surface area contributed by atoms with E-state index in [-0.39, 0.29) is 5.91 Å². The van der Waals surface area contributed by atoms with Gasteiger partial charge in [0.1, 0.15) is 0 Å². The summed E-state index contributed by atoms with van der Waals surface area (Å²) in [6.07, 6.45) is 5.64. The molecule has 1 atom stereocenters. The third-order valence-corrected chi connectivity index (χ3v) is 3.95. The second-order valence-corrected chi connectivity index (χ2v) is 6.95. The van der Waals surface area contributed by atoms with Gasteiger partial charge < -0.3 is 10.6 Å². The first-order valence-electron chi connectivity index (χ1n) is 6.89. The molecule has 0 aromatic rings. The van der Waals surface area contributed by atoms with Crippen LogP contribution in [0.4, 0.5) is 0 Å². The lowest BCUT2D eigenvalue weighted by Gasteiger charge is -2.22. The highest BCUT2D eigenvalue weighted by Gasteiger charge is 2.14. The van der Waals surface area contributed by atoms with Crippen molar-refractivity contribution in [2.75, 3.05) is 32.4 Å². The zero-order valence-electron chi connectivity index (χ0n) is 11.6. The summed E-state index contributed by atoms with van der Waals surface area (Å²) in [7, 11) is -3.12. The molecule has 1 heterocycles. The predicted molar refractivity (Wildman–Crippen MR) is 75.3 cm³/mol. The van der Waals surface area contributed by atoms with Gasteiger partial charge in [-0.2, -0.15) is 0 Å². The second kappa shape index (κ2) is 8.50. The summed E-state index contributed by atoms with van der Waals surface area (Å²) in [5, 5.41) is 6.15. The van der Waals surface area contributed by atoms with Crippen molar-refractivity contribution < 1.29 is 13.2 Å². The molecule has 19 heavy (non-hydrogen) atoms. The van der Waals surface area contributed by atoms with Crippen molar-refractivity contribution in [3.8, 4) is 0 Å². The Morgan fingerprint density at radius 3 is 2.79 bits per heavy atom. The van der Waals surface area contributed by atoms with Crippen LogP contribution < -0.4 is 15.4 Å². The number of carbonyl (C=O) groups excluding carboxylic acids is 1. The summed E-state index contributed by atoms with van der Waals surface area (Å²) in [5.41, 5.74) is 0. The van der Waals surface area contributed by atoms with Crippen LogP contribution in [0.5, 0.6) is 0 Å². The molecule has 1 rings (SSSR count). The molecule has 6 nitrogen and oxygen atoms in total. The molecule has 0 aliphatic carbocycles. The van der Waals surface area contributed by atoms with Gasteiger partial charge in [0, 0.05) is 19.5 Å². The maximum absolute atomic E-state index is 11.6. The molecular weight excluding hydrogens is 266 g/mol. The zero-order chi connectivity index (χ0) is 14.1. The van der Waals surface area contributed by atoms with E-state index < -0.39 is 10.0 Å². The lowest BCUT2D eigenvalue weighted by Crippen LogP contribution is -2.32. The van der Waals surface area contributed by atoms with Crippen molar-refractivity contribution in [1.29, 1.82) is 0 Å². The number of carbonyl (C=O) groups is 1. The molecule has 1 unspecified atom stereocenters. The summed E-state index contributed by atoms with van der Waals surface area (Å²) < 4.78 is 24.0. The molecule has 112 valence electrons. The van der Waals surface area contributed by atoms with Gasteiger partial charge in [0.05, 0.1) is 6.26 Å². The normalized spacial score (nSPS) is 20.2.